The van der Waals surface area contributed by atoms with Crippen LogP contribution in [0.4, 0.5) is 19.1 Å². The zero-order chi connectivity index (χ0) is 19.7. The number of alkyl halides is 3. The van der Waals surface area contributed by atoms with Gasteiger partial charge in [-0.3, -0.25) is 0 Å². The van der Waals surface area contributed by atoms with E-state index in [-0.39, 0.29) is 22.7 Å². The number of aromatic amines is 1. The molecule has 0 saturated heterocycles. The fourth-order valence-electron chi connectivity index (χ4n) is 3.52. The zero-order valence-corrected chi connectivity index (χ0v) is 14.8. The number of hydrogen-bond donors (Lipinski definition) is 2. The molecule has 0 bridgehead atoms. The minimum absolute atomic E-state index is 0.188. The lowest BCUT2D eigenvalue weighted by atomic mass is 9.96. The van der Waals surface area contributed by atoms with Gasteiger partial charge in [-0.05, 0) is 18.9 Å². The van der Waals surface area contributed by atoms with Gasteiger partial charge in [0.15, 0.2) is 0 Å². The van der Waals surface area contributed by atoms with Crippen LogP contribution in [0.15, 0.2) is 24.7 Å². The first-order chi connectivity index (χ1) is 13.5. The van der Waals surface area contributed by atoms with Crippen molar-refractivity contribution in [2.45, 2.75) is 44.3 Å². The lowest BCUT2D eigenvalue weighted by molar-refractivity contribution is -0.137. The summed E-state index contributed by atoms with van der Waals surface area (Å²) < 4.78 is 39.3. The average molecular weight is 386 g/mol. The Morgan fingerprint density at radius 1 is 1.14 bits per heavy atom. The summed E-state index contributed by atoms with van der Waals surface area (Å²) in [5.74, 6) is 0.371. The van der Waals surface area contributed by atoms with Crippen LogP contribution in [-0.2, 0) is 6.18 Å². The van der Waals surface area contributed by atoms with Gasteiger partial charge in [0.1, 0.15) is 11.7 Å². The predicted octanol–water partition coefficient (Wildman–Crippen LogP) is 4.65. The molecule has 3 heterocycles. The summed E-state index contributed by atoms with van der Waals surface area (Å²) in [4.78, 5) is 15.3. The number of H-pyrrole nitrogens is 1. The summed E-state index contributed by atoms with van der Waals surface area (Å²) in [6.07, 6.45) is 4.71. The number of rotatable bonds is 3. The SMILES string of the molecule is N#Cc1cnc(NC2CCCCC2)nc1-c1c[nH]c2ncc(C(F)(F)F)cc12. The normalized spacial score (nSPS) is 15.5. The third kappa shape index (κ3) is 3.50. The lowest BCUT2D eigenvalue weighted by Gasteiger charge is -2.22. The van der Waals surface area contributed by atoms with Gasteiger partial charge in [-0.1, -0.05) is 19.3 Å². The number of anilines is 1. The van der Waals surface area contributed by atoms with Gasteiger partial charge in [-0.2, -0.15) is 18.4 Å². The maximum Gasteiger partial charge on any atom is 0.417 e. The molecule has 1 saturated carbocycles. The Labute approximate surface area is 158 Å². The molecule has 0 unspecified atom stereocenters. The van der Waals surface area contributed by atoms with Crippen LogP contribution in [0.1, 0.15) is 43.2 Å². The summed E-state index contributed by atoms with van der Waals surface area (Å²) in [5, 5.41) is 13.0. The van der Waals surface area contributed by atoms with Crippen LogP contribution >= 0.6 is 0 Å². The monoisotopic (exact) mass is 386 g/mol. The number of nitriles is 1. The predicted molar refractivity (Wildman–Crippen MR) is 97.3 cm³/mol. The van der Waals surface area contributed by atoms with E-state index in [1.807, 2.05) is 6.07 Å². The van der Waals surface area contributed by atoms with Crippen molar-refractivity contribution in [1.29, 1.82) is 5.26 Å². The van der Waals surface area contributed by atoms with E-state index >= 15 is 0 Å². The van der Waals surface area contributed by atoms with Crippen LogP contribution in [0.3, 0.4) is 0 Å². The molecule has 1 aliphatic carbocycles. The molecular weight excluding hydrogens is 369 g/mol. The van der Waals surface area contributed by atoms with Crippen molar-refractivity contribution in [1.82, 2.24) is 19.9 Å². The van der Waals surface area contributed by atoms with Crippen LogP contribution in [0.5, 0.6) is 0 Å². The summed E-state index contributed by atoms with van der Waals surface area (Å²) in [6, 6.07) is 3.29. The topological polar surface area (TPSA) is 90.3 Å². The van der Waals surface area contributed by atoms with Gasteiger partial charge in [0.2, 0.25) is 5.95 Å². The highest BCUT2D eigenvalue weighted by Gasteiger charge is 2.31. The van der Waals surface area contributed by atoms with Gasteiger partial charge >= 0.3 is 6.18 Å². The number of nitrogens with one attached hydrogen (secondary N) is 2. The summed E-state index contributed by atoms with van der Waals surface area (Å²) in [5.41, 5.74) is 0.302. The molecule has 0 radical (unpaired) electrons. The molecule has 0 atom stereocenters. The Kier molecular flexibility index (Phi) is 4.63. The van der Waals surface area contributed by atoms with Crippen molar-refractivity contribution < 1.29 is 13.2 Å². The van der Waals surface area contributed by atoms with E-state index in [9.17, 15) is 18.4 Å². The molecule has 0 amide bonds. The molecule has 1 fully saturated rings. The third-order valence-corrected chi connectivity index (χ3v) is 4.96. The fourth-order valence-corrected chi connectivity index (χ4v) is 3.52. The highest BCUT2D eigenvalue weighted by molar-refractivity contribution is 5.94. The van der Waals surface area contributed by atoms with Gasteiger partial charge in [0.25, 0.3) is 0 Å². The van der Waals surface area contributed by atoms with Gasteiger partial charge < -0.3 is 10.3 Å². The van der Waals surface area contributed by atoms with Crippen LogP contribution in [0, 0.1) is 11.3 Å². The molecule has 0 aliphatic heterocycles. The van der Waals surface area contributed by atoms with Crippen LogP contribution in [0.25, 0.3) is 22.3 Å². The lowest BCUT2D eigenvalue weighted by Crippen LogP contribution is -2.23. The molecule has 0 spiro atoms. The molecule has 9 heteroatoms. The van der Waals surface area contributed by atoms with Crippen molar-refractivity contribution in [2.75, 3.05) is 5.32 Å². The van der Waals surface area contributed by atoms with Crippen LogP contribution in [-0.4, -0.2) is 26.0 Å². The Balaban J connectivity index is 1.77. The molecule has 0 aromatic carbocycles. The second-order valence-corrected chi connectivity index (χ2v) is 6.87. The molecule has 4 rings (SSSR count). The largest absolute Gasteiger partial charge is 0.417 e. The molecule has 2 N–H and O–H groups in total. The van der Waals surface area contributed by atoms with Crippen molar-refractivity contribution in [2.24, 2.45) is 0 Å². The zero-order valence-electron chi connectivity index (χ0n) is 14.8. The summed E-state index contributed by atoms with van der Waals surface area (Å²) in [7, 11) is 0. The van der Waals surface area contributed by atoms with E-state index in [2.05, 4.69) is 25.3 Å². The smallest absolute Gasteiger partial charge is 0.351 e. The van der Waals surface area contributed by atoms with E-state index in [0.717, 1.165) is 37.9 Å². The first-order valence-corrected chi connectivity index (χ1v) is 9.04. The molecule has 3 aromatic rings. The van der Waals surface area contributed by atoms with Crippen LogP contribution in [0.2, 0.25) is 0 Å². The minimum atomic E-state index is -4.51. The highest BCUT2D eigenvalue weighted by Crippen LogP contribution is 2.34. The summed E-state index contributed by atoms with van der Waals surface area (Å²) >= 11 is 0. The second kappa shape index (κ2) is 7.11. The highest BCUT2D eigenvalue weighted by atomic mass is 19.4. The molecule has 28 heavy (non-hydrogen) atoms. The third-order valence-electron chi connectivity index (χ3n) is 4.96. The molecule has 3 aromatic heterocycles. The standard InChI is InChI=1S/C19H17F3N6/c20-19(21,22)12-6-14-15(10-25-17(14)24-9-12)16-11(7-23)8-26-18(28-16)27-13-4-2-1-3-5-13/h6,8-10,13H,1-5H2,(H,24,25)(H,26,27,28). The quantitative estimate of drug-likeness (QED) is 0.684. The maximum atomic E-state index is 13.1. The number of halogens is 3. The number of hydrogen-bond acceptors (Lipinski definition) is 5. The first-order valence-electron chi connectivity index (χ1n) is 9.04. The van der Waals surface area contributed by atoms with E-state index in [0.29, 0.717) is 17.2 Å². The molecule has 144 valence electrons. The van der Waals surface area contributed by atoms with E-state index in [1.165, 1.54) is 18.8 Å². The van der Waals surface area contributed by atoms with E-state index in [4.69, 9.17) is 0 Å². The van der Waals surface area contributed by atoms with Gasteiger partial charge in [-0.15, -0.1) is 0 Å². The van der Waals surface area contributed by atoms with Crippen molar-refractivity contribution in [3.8, 4) is 17.3 Å². The van der Waals surface area contributed by atoms with Crippen molar-refractivity contribution in [3.63, 3.8) is 0 Å². The fraction of sp³-hybridized carbons (Fsp3) is 0.368. The van der Waals surface area contributed by atoms with E-state index < -0.39 is 11.7 Å². The molecular formula is C19H17F3N6. The van der Waals surface area contributed by atoms with E-state index in [1.54, 1.807) is 0 Å². The minimum Gasteiger partial charge on any atom is -0.351 e. The Bertz CT molecular complexity index is 1040. The Hall–Kier alpha value is -3.15. The van der Waals surface area contributed by atoms with Crippen molar-refractivity contribution >= 4 is 17.0 Å². The first kappa shape index (κ1) is 18.2. The van der Waals surface area contributed by atoms with Gasteiger partial charge in [0, 0.05) is 29.4 Å². The number of pyridine rings is 1. The maximum absolute atomic E-state index is 13.1. The molecule has 6 nitrogen and oxygen atoms in total. The summed E-state index contributed by atoms with van der Waals surface area (Å²) in [6.45, 7) is 0. The number of nitrogens with zero attached hydrogens (tertiary/aromatic N) is 4. The van der Waals surface area contributed by atoms with Gasteiger partial charge in [0.05, 0.1) is 23.0 Å². The number of fused-ring (bicyclic) bond motifs is 1. The number of aromatic nitrogens is 4. The van der Waals surface area contributed by atoms with Crippen molar-refractivity contribution in [3.05, 3.63) is 35.8 Å². The Morgan fingerprint density at radius 3 is 2.64 bits per heavy atom. The molecule has 1 aliphatic rings. The van der Waals surface area contributed by atoms with Crippen LogP contribution < -0.4 is 5.32 Å². The average Bonchev–Trinajstić information content (AvgIpc) is 3.11. The van der Waals surface area contributed by atoms with Gasteiger partial charge in [-0.25, -0.2) is 15.0 Å². The second-order valence-electron chi connectivity index (χ2n) is 6.87. The Morgan fingerprint density at radius 2 is 1.93 bits per heavy atom.